The number of Topliss-reactive ketones (excluding diaryl/α,β-unsaturated/α-hetero) is 1. The maximum absolute atomic E-state index is 14.8. The van der Waals surface area contributed by atoms with Crippen molar-refractivity contribution in [3.8, 4) is 11.5 Å². The van der Waals surface area contributed by atoms with Crippen LogP contribution in [-0.2, 0) is 30.8 Å². The van der Waals surface area contributed by atoms with Gasteiger partial charge in [0.25, 0.3) is 0 Å². The minimum atomic E-state index is -0.870. The molecule has 281 valence electrons. The Morgan fingerprint density at radius 1 is 0.865 bits per heavy atom. The van der Waals surface area contributed by atoms with Gasteiger partial charge in [0.05, 0.1) is 36.8 Å². The molecule has 0 aliphatic rings. The van der Waals surface area contributed by atoms with E-state index >= 15 is 0 Å². The lowest BCUT2D eigenvalue weighted by Crippen LogP contribution is -2.51. The molecule has 0 aliphatic heterocycles. The molecule has 4 rings (SSSR count). The predicted molar refractivity (Wildman–Crippen MR) is 199 cm³/mol. The summed E-state index contributed by atoms with van der Waals surface area (Å²) in [5.74, 6) is 2.30. The van der Waals surface area contributed by atoms with E-state index in [2.05, 4.69) is 25.2 Å². The first-order valence-electron chi connectivity index (χ1n) is 18.2. The van der Waals surface area contributed by atoms with Crippen molar-refractivity contribution in [1.29, 1.82) is 0 Å². The molecule has 1 radical (unpaired) electrons. The average Bonchev–Trinajstić information content (AvgIpc) is 3.85. The Hall–Kier alpha value is -4.38. The van der Waals surface area contributed by atoms with Gasteiger partial charge in [-0.3, -0.25) is 9.59 Å². The fraction of sp³-hybridized carbons (Fsp3) is 0.476. The summed E-state index contributed by atoms with van der Waals surface area (Å²) in [7, 11) is 3.44. The van der Waals surface area contributed by atoms with Gasteiger partial charge in [-0.2, -0.15) is 0 Å². The van der Waals surface area contributed by atoms with E-state index in [4.69, 9.17) is 18.3 Å². The molecule has 4 aromatic rings. The first-order chi connectivity index (χ1) is 24.9. The first-order valence-corrected chi connectivity index (χ1v) is 18.2. The number of likely N-dealkylation sites (N-methyl/N-ethyl adjacent to an activating group) is 2. The number of hydrogen-bond acceptors (Lipinski definition) is 9. The maximum Gasteiger partial charge on any atom is 0.240 e. The molecule has 0 spiro atoms. The predicted octanol–water partition coefficient (Wildman–Crippen LogP) is 6.81. The minimum Gasteiger partial charge on any atom is -0.486 e. The normalized spacial score (nSPS) is 14.4. The molecule has 0 bridgehead atoms. The molecule has 3 unspecified atom stereocenters. The molecule has 0 aliphatic carbocycles. The largest absolute Gasteiger partial charge is 0.486 e. The molecule has 2 aromatic heterocycles. The number of furan rings is 2. The van der Waals surface area contributed by atoms with E-state index in [0.29, 0.717) is 61.5 Å². The molecule has 2 aromatic carbocycles. The van der Waals surface area contributed by atoms with Crippen molar-refractivity contribution in [3.63, 3.8) is 0 Å². The lowest BCUT2D eigenvalue weighted by molar-refractivity contribution is -0.134. The summed E-state index contributed by atoms with van der Waals surface area (Å²) in [5.41, 5.74) is 1.68. The summed E-state index contributed by atoms with van der Waals surface area (Å²) in [5, 5.41) is 24.6. The number of carbonyl (C=O) groups excluding carboxylic acids is 2. The number of carbonyl (C=O) groups is 2. The van der Waals surface area contributed by atoms with Crippen molar-refractivity contribution >= 4 is 11.7 Å². The van der Waals surface area contributed by atoms with Gasteiger partial charge in [0, 0.05) is 24.6 Å². The molecule has 2 heterocycles. The Morgan fingerprint density at radius 2 is 1.52 bits per heavy atom. The van der Waals surface area contributed by atoms with E-state index in [0.717, 1.165) is 11.3 Å². The Kier molecular flexibility index (Phi) is 15.5. The first kappa shape index (κ1) is 40.4. The fourth-order valence-corrected chi connectivity index (χ4v) is 6.31. The maximum atomic E-state index is 14.8. The van der Waals surface area contributed by atoms with Crippen LogP contribution in [0, 0.1) is 17.9 Å². The van der Waals surface area contributed by atoms with Crippen LogP contribution in [0.15, 0.2) is 82.0 Å². The molecule has 3 N–H and O–H groups in total. The van der Waals surface area contributed by atoms with Gasteiger partial charge in [-0.25, -0.2) is 0 Å². The van der Waals surface area contributed by atoms with Gasteiger partial charge < -0.3 is 38.7 Å². The zero-order valence-electron chi connectivity index (χ0n) is 31.3. The zero-order valence-corrected chi connectivity index (χ0v) is 31.3. The summed E-state index contributed by atoms with van der Waals surface area (Å²) in [4.78, 5) is 30.2. The van der Waals surface area contributed by atoms with E-state index in [1.165, 1.54) is 0 Å². The second kappa shape index (κ2) is 20.0. The van der Waals surface area contributed by atoms with E-state index < -0.39 is 24.3 Å². The van der Waals surface area contributed by atoms with Crippen LogP contribution in [0.5, 0.6) is 11.5 Å². The van der Waals surface area contributed by atoms with Gasteiger partial charge in [0.2, 0.25) is 5.91 Å². The van der Waals surface area contributed by atoms with Gasteiger partial charge in [-0.1, -0.05) is 32.9 Å². The molecule has 52 heavy (non-hydrogen) atoms. The lowest BCUT2D eigenvalue weighted by Gasteiger charge is -2.33. The number of amides is 1. The number of aliphatic hydroxyl groups excluding tert-OH is 2. The number of nitrogens with zero attached hydrogens (tertiary/aromatic N) is 1. The van der Waals surface area contributed by atoms with Gasteiger partial charge in [-0.05, 0) is 118 Å². The molecule has 0 fully saturated rings. The monoisotopic (exact) mass is 715 g/mol. The molecule has 10 heteroatoms. The topological polar surface area (TPSA) is 135 Å². The molecule has 1 amide bonds. The Balaban J connectivity index is 1.62. The van der Waals surface area contributed by atoms with Crippen molar-refractivity contribution in [3.05, 3.63) is 107 Å². The third kappa shape index (κ3) is 12.1. The minimum absolute atomic E-state index is 0.0374. The average molecular weight is 716 g/mol. The number of ether oxygens (including phenoxy) is 2. The molecular formula is C42H55N2O8. The van der Waals surface area contributed by atoms with Crippen LogP contribution < -0.4 is 14.8 Å². The van der Waals surface area contributed by atoms with E-state index in [9.17, 15) is 19.8 Å². The highest BCUT2D eigenvalue weighted by Gasteiger charge is 2.34. The van der Waals surface area contributed by atoms with Gasteiger partial charge in [0.15, 0.2) is 5.78 Å². The van der Waals surface area contributed by atoms with Crippen molar-refractivity contribution in [2.75, 3.05) is 14.1 Å². The highest BCUT2D eigenvalue weighted by atomic mass is 16.5. The highest BCUT2D eigenvalue weighted by molar-refractivity contribution is 6.03. The standard InChI is InChI=1S/C42H55N2O8/c1-28(2)22-38(43-5)42(48)44(6)39(23-29(3)14-15-30(4)45)41(47)36-12-7-13-40(52-27-35-11-9-21-50-35)37(36)25-32(46)24-31-16-18-33(19-17-31)51-26-34-10-8-20-49-34/h7-11,13,16-21,28-30,32,38-39,43,45-46H,14-15,22-27H2,1-6H3/t29?,30?,32?,38-,39-/m0/s1. The van der Waals surface area contributed by atoms with Crippen molar-refractivity contribution in [2.24, 2.45) is 11.8 Å². The summed E-state index contributed by atoms with van der Waals surface area (Å²) in [6.45, 7) is 8.35. The second-order valence-corrected chi connectivity index (χ2v) is 14.2. The van der Waals surface area contributed by atoms with E-state index in [1.54, 1.807) is 62.7 Å². The molecule has 10 nitrogen and oxygen atoms in total. The number of aliphatic hydroxyl groups is 2. The van der Waals surface area contributed by atoms with Gasteiger partial charge in [-0.15, -0.1) is 0 Å². The van der Waals surface area contributed by atoms with Gasteiger partial charge >= 0.3 is 0 Å². The lowest BCUT2D eigenvalue weighted by atomic mass is 9.87. The summed E-state index contributed by atoms with van der Waals surface area (Å²) in [6.07, 6.45) is 4.55. The smallest absolute Gasteiger partial charge is 0.240 e. The van der Waals surface area contributed by atoms with Crippen LogP contribution in [0.2, 0.25) is 0 Å². The molecule has 0 saturated heterocycles. The number of rotatable bonds is 22. The Morgan fingerprint density at radius 3 is 2.10 bits per heavy atom. The second-order valence-electron chi connectivity index (χ2n) is 14.2. The number of ketones is 1. The summed E-state index contributed by atoms with van der Waals surface area (Å²) >= 11 is 0. The van der Waals surface area contributed by atoms with Crippen molar-refractivity contribution < 1.29 is 38.1 Å². The molecule has 0 saturated carbocycles. The van der Waals surface area contributed by atoms with E-state index in [1.807, 2.05) is 43.3 Å². The third-order valence-electron chi connectivity index (χ3n) is 9.23. The van der Waals surface area contributed by atoms with Crippen molar-refractivity contribution in [1.82, 2.24) is 10.2 Å². The highest BCUT2D eigenvalue weighted by Crippen LogP contribution is 2.30. The number of benzene rings is 2. The van der Waals surface area contributed by atoms with Crippen LogP contribution in [0.25, 0.3) is 0 Å². The quantitative estimate of drug-likeness (QED) is 0.0751. The van der Waals surface area contributed by atoms with Crippen LogP contribution in [0.4, 0.5) is 0 Å². The van der Waals surface area contributed by atoms with Crippen molar-refractivity contribution in [2.45, 2.75) is 104 Å². The zero-order chi connectivity index (χ0) is 37.6. The fourth-order valence-electron chi connectivity index (χ4n) is 6.31. The summed E-state index contributed by atoms with van der Waals surface area (Å²) < 4.78 is 22.8. The SMILES string of the molecule is CN[C@@H](CC(C)C)C(=O)N(C)[C@@H](CC(C)CCC(C)O)C(=O)c1[c]ccc(OCc2ccco2)c1CC(O)Cc1ccc(OCc2ccco2)cc1. The van der Waals surface area contributed by atoms with Crippen LogP contribution in [0.1, 0.15) is 86.4 Å². The molecular weight excluding hydrogens is 660 g/mol. The number of hydrogen-bond donors (Lipinski definition) is 3. The van der Waals surface area contributed by atoms with Crippen LogP contribution >= 0.6 is 0 Å². The van der Waals surface area contributed by atoms with Gasteiger partial charge in [0.1, 0.15) is 36.2 Å². The Labute approximate surface area is 308 Å². The Bertz CT molecular complexity index is 1630. The molecule has 5 atom stereocenters. The third-order valence-corrected chi connectivity index (χ3v) is 9.23. The van der Waals surface area contributed by atoms with Crippen LogP contribution in [0.3, 0.4) is 0 Å². The van der Waals surface area contributed by atoms with E-state index in [-0.39, 0.29) is 42.1 Å². The summed E-state index contributed by atoms with van der Waals surface area (Å²) in [6, 6.07) is 20.0. The van der Waals surface area contributed by atoms with Crippen LogP contribution in [-0.4, -0.2) is 65.2 Å². The number of nitrogens with one attached hydrogen (secondary N) is 1.